The van der Waals surface area contributed by atoms with Crippen molar-refractivity contribution >= 4 is 34.6 Å². The highest BCUT2D eigenvalue weighted by Gasteiger charge is 2.19. The van der Waals surface area contributed by atoms with Crippen LogP contribution in [-0.2, 0) is 17.6 Å². The Bertz CT molecular complexity index is 1870. The molecule has 2 heterocycles. The SMILES string of the molecule is COC(=O)c1cc(F)c(Cc2nnc(-c3ccccc3)s2)c(F)c1.O=C(NO)c1cc(F)c(Cc2nnc(-c3ccccc3)s2)c(F)c1. The maximum absolute atomic E-state index is 14.1. The second-order valence-corrected chi connectivity index (χ2v) is 12.0. The molecule has 0 saturated carbocycles. The molecule has 0 aliphatic heterocycles. The van der Waals surface area contributed by atoms with Gasteiger partial charge in [0.25, 0.3) is 5.91 Å². The first-order valence-electron chi connectivity index (χ1n) is 13.9. The number of hydroxylamine groups is 1. The molecule has 1 amide bonds. The normalized spacial score (nSPS) is 10.6. The Kier molecular flexibility index (Phi) is 10.9. The second kappa shape index (κ2) is 15.5. The summed E-state index contributed by atoms with van der Waals surface area (Å²) in [5.74, 6) is -5.17. The number of ether oxygens (including phenoxy) is 1. The summed E-state index contributed by atoms with van der Waals surface area (Å²) in [7, 11) is 1.15. The predicted octanol–water partition coefficient (Wildman–Crippen LogP) is 7.05. The zero-order chi connectivity index (χ0) is 34.2. The second-order valence-electron chi connectivity index (χ2n) is 9.86. The topological polar surface area (TPSA) is 127 Å². The molecule has 4 aromatic carbocycles. The molecule has 244 valence electrons. The zero-order valence-electron chi connectivity index (χ0n) is 24.8. The first-order valence-corrected chi connectivity index (χ1v) is 15.5. The summed E-state index contributed by atoms with van der Waals surface area (Å²) < 4.78 is 60.9. The monoisotopic (exact) mass is 693 g/mol. The van der Waals surface area contributed by atoms with Gasteiger partial charge in [0.2, 0.25) is 0 Å². The van der Waals surface area contributed by atoms with Crippen molar-refractivity contribution in [2.24, 2.45) is 0 Å². The third kappa shape index (κ3) is 8.12. The molecule has 48 heavy (non-hydrogen) atoms. The number of aromatic nitrogens is 4. The lowest BCUT2D eigenvalue weighted by Gasteiger charge is -2.05. The summed E-state index contributed by atoms with van der Waals surface area (Å²) in [6, 6.07) is 22.4. The molecule has 2 N–H and O–H groups in total. The molecule has 2 aromatic heterocycles. The molecule has 0 spiro atoms. The summed E-state index contributed by atoms with van der Waals surface area (Å²) in [6.07, 6.45) is -0.118. The van der Waals surface area contributed by atoms with Crippen LogP contribution in [0.5, 0.6) is 0 Å². The van der Waals surface area contributed by atoms with Crippen molar-refractivity contribution in [3.8, 4) is 21.1 Å². The minimum absolute atomic E-state index is 0.0381. The molecular formula is C33H23F4N5O4S2. The maximum Gasteiger partial charge on any atom is 0.338 e. The summed E-state index contributed by atoms with van der Waals surface area (Å²) in [5, 5.41) is 26.8. The van der Waals surface area contributed by atoms with E-state index in [1.807, 2.05) is 60.7 Å². The number of benzene rings is 4. The molecule has 0 bridgehead atoms. The van der Waals surface area contributed by atoms with Crippen molar-refractivity contribution in [3.63, 3.8) is 0 Å². The van der Waals surface area contributed by atoms with Gasteiger partial charge in [-0.2, -0.15) is 0 Å². The van der Waals surface area contributed by atoms with E-state index in [0.29, 0.717) is 20.0 Å². The first kappa shape index (κ1) is 34.0. The quantitative estimate of drug-likeness (QED) is 0.0752. The number of methoxy groups -OCH3 is 1. The number of amides is 1. The van der Waals surface area contributed by atoms with Crippen LogP contribution in [0.1, 0.15) is 41.9 Å². The highest BCUT2D eigenvalue weighted by atomic mass is 32.1. The van der Waals surface area contributed by atoms with Crippen LogP contribution in [0.25, 0.3) is 21.1 Å². The number of carbonyl (C=O) groups excluding carboxylic acids is 2. The maximum atomic E-state index is 14.1. The number of nitrogens with one attached hydrogen (secondary N) is 1. The summed E-state index contributed by atoms with van der Waals surface area (Å²) in [4.78, 5) is 22.6. The zero-order valence-corrected chi connectivity index (χ0v) is 26.4. The molecule has 0 aliphatic carbocycles. The van der Waals surface area contributed by atoms with E-state index >= 15 is 0 Å². The lowest BCUT2D eigenvalue weighted by molar-refractivity contribution is 0.0599. The molecule has 15 heteroatoms. The number of hydrogen-bond donors (Lipinski definition) is 2. The summed E-state index contributed by atoms with van der Waals surface area (Å²) in [5.41, 5.74) is 2.26. The van der Waals surface area contributed by atoms with Crippen molar-refractivity contribution in [3.05, 3.63) is 140 Å². The van der Waals surface area contributed by atoms with E-state index in [0.717, 1.165) is 42.5 Å². The number of halogens is 4. The third-order valence-corrected chi connectivity index (χ3v) is 8.64. The van der Waals surface area contributed by atoms with Gasteiger partial charge in [-0.15, -0.1) is 20.4 Å². The Morgan fingerprint density at radius 3 is 1.44 bits per heavy atom. The Morgan fingerprint density at radius 1 is 0.667 bits per heavy atom. The van der Waals surface area contributed by atoms with E-state index in [1.54, 1.807) is 0 Å². The smallest absolute Gasteiger partial charge is 0.338 e. The number of esters is 1. The van der Waals surface area contributed by atoms with E-state index in [2.05, 4.69) is 25.1 Å². The van der Waals surface area contributed by atoms with Crippen molar-refractivity contribution in [2.45, 2.75) is 12.8 Å². The fraction of sp³-hybridized carbons (Fsp3) is 0.0909. The van der Waals surface area contributed by atoms with E-state index in [-0.39, 0.29) is 35.1 Å². The van der Waals surface area contributed by atoms with Gasteiger partial charge >= 0.3 is 5.97 Å². The molecule has 0 saturated heterocycles. The van der Waals surface area contributed by atoms with Gasteiger partial charge in [0.05, 0.1) is 12.7 Å². The first-order chi connectivity index (χ1) is 23.2. The van der Waals surface area contributed by atoms with Crippen LogP contribution >= 0.6 is 22.7 Å². The van der Waals surface area contributed by atoms with Crippen molar-refractivity contribution < 1.29 is 37.1 Å². The van der Waals surface area contributed by atoms with Crippen LogP contribution in [0.2, 0.25) is 0 Å². The van der Waals surface area contributed by atoms with Crippen molar-refractivity contribution in [1.29, 1.82) is 0 Å². The molecule has 0 unspecified atom stereocenters. The van der Waals surface area contributed by atoms with E-state index in [4.69, 9.17) is 5.21 Å². The fourth-order valence-corrected chi connectivity index (χ4v) is 6.04. The Morgan fingerprint density at radius 2 is 1.06 bits per heavy atom. The minimum atomic E-state index is -0.985. The molecular weight excluding hydrogens is 671 g/mol. The molecule has 0 radical (unpaired) electrons. The lowest BCUT2D eigenvalue weighted by Crippen LogP contribution is -2.19. The summed E-state index contributed by atoms with van der Waals surface area (Å²) >= 11 is 2.50. The minimum Gasteiger partial charge on any atom is -0.465 e. The predicted molar refractivity (Wildman–Crippen MR) is 170 cm³/mol. The van der Waals surface area contributed by atoms with Gasteiger partial charge in [0, 0.05) is 40.7 Å². The average Bonchev–Trinajstić information content (AvgIpc) is 3.78. The van der Waals surface area contributed by atoms with Gasteiger partial charge in [0.15, 0.2) is 0 Å². The van der Waals surface area contributed by atoms with Gasteiger partial charge in [-0.3, -0.25) is 10.0 Å². The van der Waals surface area contributed by atoms with Crippen molar-refractivity contribution in [2.75, 3.05) is 7.11 Å². The number of carbonyl (C=O) groups is 2. The largest absolute Gasteiger partial charge is 0.465 e. The molecule has 6 aromatic rings. The Hall–Kier alpha value is -5.38. The third-order valence-electron chi connectivity index (χ3n) is 6.70. The van der Waals surface area contributed by atoms with Gasteiger partial charge in [-0.05, 0) is 24.3 Å². The molecule has 6 rings (SSSR count). The van der Waals surface area contributed by atoms with E-state index in [9.17, 15) is 27.2 Å². The number of nitrogens with zero attached hydrogens (tertiary/aromatic N) is 4. The van der Waals surface area contributed by atoms with Gasteiger partial charge < -0.3 is 4.74 Å². The standard InChI is InChI=1S/C17H12F2N2O2S.C16H11F2N3O2S/c1-23-17(22)11-7-13(18)12(14(19)8-11)9-15-20-21-16(24-15)10-5-3-2-4-6-10;17-12-6-10(15(22)21-23)7-13(18)11(12)8-14-19-20-16(24-14)9-4-2-1-3-5-9/h2-8H,9H2,1H3;1-7,23H,8H2,(H,21,22). The van der Waals surface area contributed by atoms with Gasteiger partial charge in [-0.25, -0.2) is 27.8 Å². The van der Waals surface area contributed by atoms with Crippen LogP contribution in [0.15, 0.2) is 84.9 Å². The highest BCUT2D eigenvalue weighted by Crippen LogP contribution is 2.28. The number of rotatable bonds is 8. The van der Waals surface area contributed by atoms with Crippen LogP contribution in [-0.4, -0.2) is 44.6 Å². The van der Waals surface area contributed by atoms with Crippen LogP contribution < -0.4 is 5.48 Å². The fourth-order valence-electron chi connectivity index (χ4n) is 4.32. The number of hydrogen-bond acceptors (Lipinski definition) is 10. The summed E-state index contributed by atoms with van der Waals surface area (Å²) in [6.45, 7) is 0. The van der Waals surface area contributed by atoms with Crippen molar-refractivity contribution in [1.82, 2.24) is 25.9 Å². The lowest BCUT2D eigenvalue weighted by atomic mass is 10.1. The van der Waals surface area contributed by atoms with Gasteiger partial charge in [-0.1, -0.05) is 83.3 Å². The van der Waals surface area contributed by atoms with E-state index < -0.39 is 35.1 Å². The average molecular weight is 694 g/mol. The Balaban J connectivity index is 0.000000188. The van der Waals surface area contributed by atoms with Crippen LogP contribution in [0, 0.1) is 23.3 Å². The van der Waals surface area contributed by atoms with Gasteiger partial charge in [0.1, 0.15) is 43.3 Å². The molecule has 0 aliphatic rings. The molecule has 0 atom stereocenters. The van der Waals surface area contributed by atoms with E-state index in [1.165, 1.54) is 28.2 Å². The van der Waals surface area contributed by atoms with Crippen LogP contribution in [0.4, 0.5) is 17.6 Å². The molecule has 9 nitrogen and oxygen atoms in total. The molecule has 0 fully saturated rings. The highest BCUT2D eigenvalue weighted by molar-refractivity contribution is 7.15. The Labute approximate surface area is 278 Å². The van der Waals surface area contributed by atoms with Crippen LogP contribution in [0.3, 0.4) is 0 Å².